The van der Waals surface area contributed by atoms with E-state index >= 15 is 0 Å². The van der Waals surface area contributed by atoms with E-state index in [0.29, 0.717) is 17.1 Å². The van der Waals surface area contributed by atoms with Crippen molar-refractivity contribution in [2.45, 2.75) is 6.92 Å². The van der Waals surface area contributed by atoms with Crippen molar-refractivity contribution in [2.24, 2.45) is 16.0 Å². The van der Waals surface area contributed by atoms with E-state index in [1.165, 1.54) is 23.4 Å². The van der Waals surface area contributed by atoms with E-state index in [2.05, 4.69) is 10.1 Å². The predicted molar refractivity (Wildman–Crippen MR) is 92.1 cm³/mol. The molecule has 3 rings (SSSR count). The number of nitrogens with zero attached hydrogens (tertiary/aromatic N) is 3. The number of carboxylic acids is 1. The second-order valence-electron chi connectivity index (χ2n) is 5.34. The summed E-state index contributed by atoms with van der Waals surface area (Å²) in [5.74, 6) is -1.76. The third kappa shape index (κ3) is 3.08. The smallest absolute Gasteiger partial charge is 0.335 e. The van der Waals surface area contributed by atoms with Gasteiger partial charge in [0.25, 0.3) is 5.91 Å². The number of aromatic carboxylic acids is 1. The molecule has 6 heteroatoms. The highest BCUT2D eigenvalue weighted by molar-refractivity contribution is 6.23. The molecule has 1 N–H and O–H groups in total. The van der Waals surface area contributed by atoms with Crippen LogP contribution in [0.2, 0.25) is 0 Å². The molecule has 2 aromatic carbocycles. The fourth-order valence-electron chi connectivity index (χ4n) is 2.39. The van der Waals surface area contributed by atoms with Gasteiger partial charge in [-0.1, -0.05) is 24.3 Å². The maximum absolute atomic E-state index is 12.5. The highest BCUT2D eigenvalue weighted by Gasteiger charge is 2.33. The van der Waals surface area contributed by atoms with Gasteiger partial charge < -0.3 is 5.11 Å². The van der Waals surface area contributed by atoms with Gasteiger partial charge in [0.1, 0.15) is 5.92 Å². The van der Waals surface area contributed by atoms with Crippen LogP contribution in [0.4, 0.5) is 11.4 Å². The Bertz CT molecular complexity index is 844. The number of amides is 1. The van der Waals surface area contributed by atoms with Gasteiger partial charge in [0.15, 0.2) is 0 Å². The Balaban J connectivity index is 1.81. The minimum atomic E-state index is -1.02. The van der Waals surface area contributed by atoms with E-state index in [1.807, 2.05) is 30.3 Å². The molecule has 1 aliphatic rings. The number of rotatable bonds is 4. The number of hydrogen-bond donors (Lipinski definition) is 1. The van der Waals surface area contributed by atoms with Crippen molar-refractivity contribution >= 4 is 35.2 Å². The van der Waals surface area contributed by atoms with Gasteiger partial charge in [-0.2, -0.15) is 10.1 Å². The minimum absolute atomic E-state index is 0.152. The number of hydrazone groups is 1. The molecule has 2 aromatic rings. The average Bonchev–Trinajstić information content (AvgIpc) is 2.88. The lowest BCUT2D eigenvalue weighted by molar-refractivity contribution is -0.118. The van der Waals surface area contributed by atoms with E-state index in [4.69, 9.17) is 5.11 Å². The fourth-order valence-corrected chi connectivity index (χ4v) is 2.39. The van der Waals surface area contributed by atoms with E-state index in [-0.39, 0.29) is 11.5 Å². The molecule has 1 amide bonds. The third-order valence-electron chi connectivity index (χ3n) is 3.65. The summed E-state index contributed by atoms with van der Waals surface area (Å²) in [5, 5.41) is 14.7. The summed E-state index contributed by atoms with van der Waals surface area (Å²) < 4.78 is 0. The maximum Gasteiger partial charge on any atom is 0.335 e. The molecule has 0 radical (unpaired) electrons. The second-order valence-corrected chi connectivity index (χ2v) is 5.34. The van der Waals surface area contributed by atoms with Crippen molar-refractivity contribution in [1.82, 2.24) is 0 Å². The van der Waals surface area contributed by atoms with Crippen LogP contribution >= 0.6 is 0 Å². The van der Waals surface area contributed by atoms with Crippen molar-refractivity contribution < 1.29 is 14.7 Å². The predicted octanol–water partition coefficient (Wildman–Crippen LogP) is 3.13. The number of anilines is 1. The van der Waals surface area contributed by atoms with Crippen LogP contribution in [0, 0.1) is 5.92 Å². The number of hydrogen-bond acceptors (Lipinski definition) is 4. The van der Waals surface area contributed by atoms with Gasteiger partial charge >= 0.3 is 5.97 Å². The number of carbonyl (C=O) groups is 2. The molecule has 1 aliphatic heterocycles. The molecule has 24 heavy (non-hydrogen) atoms. The molecular weight excluding hydrogens is 306 g/mol. The lowest BCUT2D eigenvalue weighted by Crippen LogP contribution is -2.27. The molecule has 0 aromatic heterocycles. The van der Waals surface area contributed by atoms with Gasteiger partial charge in [-0.3, -0.25) is 9.79 Å². The Morgan fingerprint density at radius 3 is 2.67 bits per heavy atom. The van der Waals surface area contributed by atoms with Gasteiger partial charge in [0, 0.05) is 6.21 Å². The molecule has 1 atom stereocenters. The zero-order valence-electron chi connectivity index (χ0n) is 13.0. The van der Waals surface area contributed by atoms with Crippen LogP contribution in [0.15, 0.2) is 64.7 Å². The maximum atomic E-state index is 12.5. The van der Waals surface area contributed by atoms with E-state index in [1.54, 1.807) is 19.1 Å². The summed E-state index contributed by atoms with van der Waals surface area (Å²) in [7, 11) is 0. The standard InChI is InChI=1S/C18H15N3O3/c1-12-16(11-19-14-7-5-6-13(10-14)18(23)24)17(22)21(20-12)15-8-3-2-4-9-15/h2-11,16H,1H3,(H,23,24)/t16-/m1/s1. The number of carboxylic acid groups (broad SMARTS) is 1. The number of aliphatic imine (C=N–C) groups is 1. The van der Waals surface area contributed by atoms with Crippen LogP contribution in [0.25, 0.3) is 0 Å². The largest absolute Gasteiger partial charge is 0.478 e. The summed E-state index contributed by atoms with van der Waals surface area (Å²) in [5.41, 5.74) is 1.97. The van der Waals surface area contributed by atoms with Crippen LogP contribution in [-0.4, -0.2) is 28.9 Å². The van der Waals surface area contributed by atoms with Crippen molar-refractivity contribution in [3.05, 3.63) is 60.2 Å². The average molecular weight is 321 g/mol. The Kier molecular flexibility index (Phi) is 4.20. The van der Waals surface area contributed by atoms with E-state index in [9.17, 15) is 9.59 Å². The first-order valence-electron chi connectivity index (χ1n) is 7.38. The van der Waals surface area contributed by atoms with Crippen molar-refractivity contribution in [3.63, 3.8) is 0 Å². The quantitative estimate of drug-likeness (QED) is 0.878. The van der Waals surface area contributed by atoms with Crippen LogP contribution in [0.5, 0.6) is 0 Å². The molecule has 0 bridgehead atoms. The van der Waals surface area contributed by atoms with Gasteiger partial charge in [-0.05, 0) is 37.3 Å². The Morgan fingerprint density at radius 1 is 1.21 bits per heavy atom. The molecule has 0 fully saturated rings. The molecule has 0 saturated heterocycles. The summed E-state index contributed by atoms with van der Waals surface area (Å²) in [6.45, 7) is 1.77. The van der Waals surface area contributed by atoms with Crippen LogP contribution in [0.3, 0.4) is 0 Å². The Labute approximate surface area is 138 Å². The van der Waals surface area contributed by atoms with Crippen LogP contribution in [-0.2, 0) is 4.79 Å². The first kappa shape index (κ1) is 15.6. The number of para-hydroxylation sites is 1. The summed E-state index contributed by atoms with van der Waals surface area (Å²) in [6.07, 6.45) is 1.51. The number of carbonyl (C=O) groups excluding carboxylic acids is 1. The molecular formula is C18H15N3O3. The van der Waals surface area contributed by atoms with E-state index in [0.717, 1.165) is 0 Å². The first-order valence-corrected chi connectivity index (χ1v) is 7.38. The summed E-state index contributed by atoms with van der Waals surface area (Å²) >= 11 is 0. The van der Waals surface area contributed by atoms with Gasteiger partial charge in [0.2, 0.25) is 0 Å². The van der Waals surface area contributed by atoms with Crippen LogP contribution in [0.1, 0.15) is 17.3 Å². The normalized spacial score (nSPS) is 17.4. The topological polar surface area (TPSA) is 82.3 Å². The van der Waals surface area contributed by atoms with Crippen molar-refractivity contribution in [1.29, 1.82) is 0 Å². The van der Waals surface area contributed by atoms with Gasteiger partial charge in [0.05, 0.1) is 22.6 Å². The molecule has 0 unspecified atom stereocenters. The molecule has 0 aliphatic carbocycles. The molecule has 1 heterocycles. The molecule has 6 nitrogen and oxygen atoms in total. The number of benzene rings is 2. The third-order valence-corrected chi connectivity index (χ3v) is 3.65. The van der Waals surface area contributed by atoms with Gasteiger partial charge in [-0.15, -0.1) is 0 Å². The molecule has 0 saturated carbocycles. The lowest BCUT2D eigenvalue weighted by atomic mass is 10.1. The Hall–Kier alpha value is -3.28. The lowest BCUT2D eigenvalue weighted by Gasteiger charge is -2.12. The van der Waals surface area contributed by atoms with Crippen molar-refractivity contribution in [2.75, 3.05) is 5.01 Å². The SMILES string of the molecule is CC1=NN(c2ccccc2)C(=O)[C@@H]1C=Nc1cccc(C(=O)O)c1. The summed E-state index contributed by atoms with van der Waals surface area (Å²) in [4.78, 5) is 27.8. The zero-order chi connectivity index (χ0) is 17.1. The van der Waals surface area contributed by atoms with Crippen molar-refractivity contribution in [3.8, 4) is 0 Å². The minimum Gasteiger partial charge on any atom is -0.478 e. The highest BCUT2D eigenvalue weighted by atomic mass is 16.4. The highest BCUT2D eigenvalue weighted by Crippen LogP contribution is 2.23. The monoisotopic (exact) mass is 321 g/mol. The second kappa shape index (κ2) is 6.45. The van der Waals surface area contributed by atoms with Gasteiger partial charge in [-0.25, -0.2) is 4.79 Å². The first-order chi connectivity index (χ1) is 11.6. The molecule has 120 valence electrons. The van der Waals surface area contributed by atoms with E-state index < -0.39 is 11.9 Å². The van der Waals surface area contributed by atoms with Crippen LogP contribution < -0.4 is 5.01 Å². The summed E-state index contributed by atoms with van der Waals surface area (Å²) in [6, 6.07) is 15.4. The Morgan fingerprint density at radius 2 is 1.96 bits per heavy atom. The fraction of sp³-hybridized carbons (Fsp3) is 0.111. The zero-order valence-corrected chi connectivity index (χ0v) is 13.0. The molecule has 0 spiro atoms.